The molecular formula is C54H32N4S2. The second-order valence-electron chi connectivity index (χ2n) is 15.5. The van der Waals surface area contributed by atoms with E-state index in [0.717, 1.165) is 44.3 Å². The largest absolute Gasteiger partial charge is 0.308 e. The van der Waals surface area contributed by atoms with Gasteiger partial charge in [0.05, 0.1) is 21.4 Å². The molecule has 0 fully saturated rings. The van der Waals surface area contributed by atoms with Gasteiger partial charge in [0.15, 0.2) is 17.5 Å². The van der Waals surface area contributed by atoms with Gasteiger partial charge in [0.25, 0.3) is 0 Å². The maximum atomic E-state index is 5.47. The number of aromatic nitrogens is 4. The summed E-state index contributed by atoms with van der Waals surface area (Å²) in [6.45, 7) is 0. The number of thioether (sulfide) groups is 1. The van der Waals surface area contributed by atoms with E-state index in [4.69, 9.17) is 15.0 Å². The molecule has 0 atom stereocenters. The Labute approximate surface area is 353 Å². The Morgan fingerprint density at radius 1 is 0.417 bits per heavy atom. The molecule has 0 saturated heterocycles. The quantitative estimate of drug-likeness (QED) is 0.178. The van der Waals surface area contributed by atoms with Crippen LogP contribution in [0.2, 0.25) is 0 Å². The molecule has 0 spiro atoms. The van der Waals surface area contributed by atoms with Gasteiger partial charge in [-0.2, -0.15) is 0 Å². The van der Waals surface area contributed by atoms with E-state index in [-0.39, 0.29) is 0 Å². The van der Waals surface area contributed by atoms with E-state index in [1.165, 1.54) is 69.0 Å². The fraction of sp³-hybridized carbons (Fsp3) is 0.0185. The lowest BCUT2D eigenvalue weighted by molar-refractivity contribution is 1.07. The van der Waals surface area contributed by atoms with Crippen LogP contribution in [0, 0.1) is 0 Å². The predicted octanol–water partition coefficient (Wildman–Crippen LogP) is 14.9. The zero-order valence-corrected chi connectivity index (χ0v) is 33.8. The van der Waals surface area contributed by atoms with Crippen molar-refractivity contribution in [2.24, 2.45) is 0 Å². The molecule has 13 rings (SSSR count). The van der Waals surface area contributed by atoms with Crippen LogP contribution < -0.4 is 0 Å². The van der Waals surface area contributed by atoms with Gasteiger partial charge in [0, 0.05) is 53.6 Å². The zero-order valence-electron chi connectivity index (χ0n) is 32.1. The number of benzene rings is 9. The van der Waals surface area contributed by atoms with E-state index in [1.807, 2.05) is 23.1 Å². The minimum absolute atomic E-state index is 0.662. The number of rotatable bonds is 4. The molecule has 4 heterocycles. The second-order valence-corrected chi connectivity index (χ2v) is 17.5. The third-order valence-electron chi connectivity index (χ3n) is 12.1. The van der Waals surface area contributed by atoms with Gasteiger partial charge in [-0.05, 0) is 74.6 Å². The van der Waals surface area contributed by atoms with Crippen LogP contribution in [-0.4, -0.2) is 19.5 Å². The topological polar surface area (TPSA) is 43.6 Å². The maximum absolute atomic E-state index is 5.47. The third kappa shape index (κ3) is 5.08. The summed E-state index contributed by atoms with van der Waals surface area (Å²) in [4.78, 5) is 17.5. The molecule has 60 heavy (non-hydrogen) atoms. The summed E-state index contributed by atoms with van der Waals surface area (Å²) >= 11 is 3.70. The summed E-state index contributed by atoms with van der Waals surface area (Å²) in [7, 11) is 0. The van der Waals surface area contributed by atoms with E-state index in [0.29, 0.717) is 17.5 Å². The van der Waals surface area contributed by atoms with Gasteiger partial charge in [-0.25, -0.2) is 15.0 Å². The molecule has 12 aromatic rings. The van der Waals surface area contributed by atoms with Gasteiger partial charge in [-0.3, -0.25) is 0 Å². The van der Waals surface area contributed by atoms with E-state index in [1.54, 1.807) is 0 Å². The SMILES string of the molecule is c1ccc2c(c1)CSc1c(-c3nc(-c4cccc5ccccc45)nc(-c4ccc(-n5c6ccccc6c6cc7ccccc7cc65)c5sc6ccccc6c45)n3)cccc1-2. The van der Waals surface area contributed by atoms with Crippen LogP contribution in [0.1, 0.15) is 5.56 Å². The van der Waals surface area contributed by atoms with Crippen LogP contribution in [0.3, 0.4) is 0 Å². The Hall–Kier alpha value is -7.12. The highest BCUT2D eigenvalue weighted by atomic mass is 32.2. The van der Waals surface area contributed by atoms with Crippen molar-refractivity contribution in [3.05, 3.63) is 188 Å². The maximum Gasteiger partial charge on any atom is 0.165 e. The lowest BCUT2D eigenvalue weighted by atomic mass is 9.97. The number of fused-ring (bicyclic) bond motifs is 11. The molecule has 4 nitrogen and oxygen atoms in total. The van der Waals surface area contributed by atoms with Crippen molar-refractivity contribution < 1.29 is 0 Å². The first-order chi connectivity index (χ1) is 29.7. The Morgan fingerprint density at radius 3 is 1.92 bits per heavy atom. The molecule has 0 saturated carbocycles. The van der Waals surface area contributed by atoms with Crippen molar-refractivity contribution in [2.75, 3.05) is 0 Å². The Morgan fingerprint density at radius 2 is 1.03 bits per heavy atom. The second kappa shape index (κ2) is 13.2. The van der Waals surface area contributed by atoms with Gasteiger partial charge in [0.1, 0.15) is 0 Å². The van der Waals surface area contributed by atoms with Crippen LogP contribution in [-0.2, 0) is 5.75 Å². The van der Waals surface area contributed by atoms with E-state index < -0.39 is 0 Å². The average Bonchev–Trinajstić information content (AvgIpc) is 3.86. The lowest BCUT2D eigenvalue weighted by Gasteiger charge is -2.21. The normalized spacial score (nSPS) is 12.5. The molecular weight excluding hydrogens is 769 g/mol. The Balaban J connectivity index is 1.10. The van der Waals surface area contributed by atoms with Gasteiger partial charge in [0.2, 0.25) is 0 Å². The van der Waals surface area contributed by atoms with Crippen LogP contribution in [0.15, 0.2) is 187 Å². The van der Waals surface area contributed by atoms with Crippen LogP contribution >= 0.6 is 23.1 Å². The molecule has 0 aliphatic carbocycles. The highest BCUT2D eigenvalue weighted by Gasteiger charge is 2.25. The molecule has 0 amide bonds. The van der Waals surface area contributed by atoms with Crippen molar-refractivity contribution in [1.29, 1.82) is 0 Å². The fourth-order valence-electron chi connectivity index (χ4n) is 9.39. The fourth-order valence-corrected chi connectivity index (χ4v) is 11.8. The number of hydrogen-bond donors (Lipinski definition) is 0. The van der Waals surface area contributed by atoms with Crippen molar-refractivity contribution in [1.82, 2.24) is 19.5 Å². The van der Waals surface area contributed by atoms with E-state index in [9.17, 15) is 0 Å². The molecule has 0 bridgehead atoms. The molecule has 0 radical (unpaired) electrons. The predicted molar refractivity (Wildman–Crippen MR) is 253 cm³/mol. The van der Waals surface area contributed by atoms with E-state index >= 15 is 0 Å². The minimum Gasteiger partial charge on any atom is -0.308 e. The molecule has 3 aromatic heterocycles. The summed E-state index contributed by atoms with van der Waals surface area (Å²) in [5, 5.41) is 9.56. The zero-order chi connectivity index (χ0) is 39.3. The molecule has 0 unspecified atom stereocenters. The van der Waals surface area contributed by atoms with Crippen LogP contribution in [0.5, 0.6) is 0 Å². The highest BCUT2D eigenvalue weighted by Crippen LogP contribution is 2.48. The number of hydrogen-bond acceptors (Lipinski definition) is 5. The Bertz CT molecular complexity index is 3740. The third-order valence-corrected chi connectivity index (χ3v) is 14.5. The monoisotopic (exact) mass is 800 g/mol. The number of nitrogens with zero attached hydrogens (tertiary/aromatic N) is 4. The van der Waals surface area contributed by atoms with Crippen molar-refractivity contribution in [2.45, 2.75) is 10.6 Å². The molecule has 0 N–H and O–H groups in total. The number of para-hydroxylation sites is 1. The van der Waals surface area contributed by atoms with Gasteiger partial charge >= 0.3 is 0 Å². The smallest absolute Gasteiger partial charge is 0.165 e. The minimum atomic E-state index is 0.662. The van der Waals surface area contributed by atoms with Crippen LogP contribution in [0.4, 0.5) is 0 Å². The summed E-state index contributed by atoms with van der Waals surface area (Å²) in [5.74, 6) is 2.90. The highest BCUT2D eigenvalue weighted by molar-refractivity contribution is 7.98. The molecule has 1 aliphatic rings. The van der Waals surface area contributed by atoms with Gasteiger partial charge < -0.3 is 4.57 Å². The lowest BCUT2D eigenvalue weighted by Crippen LogP contribution is -2.04. The standard InChI is InChI=1S/C54H32N4S2/c1-2-15-34-30-47-44(29-33(34)14-1)38-20-7-9-25-45(38)58(47)46-28-27-42(49-41-21-8-10-26-48(41)60-51(46)49)53-55-52(40-23-11-17-32-13-3-5-18-36(32)40)56-54(57-53)43-24-12-22-39-37-19-6-4-16-35(37)31-59-50(39)43/h1-30H,31H2. The van der Waals surface area contributed by atoms with Crippen LogP contribution in [0.25, 0.3) is 115 Å². The van der Waals surface area contributed by atoms with Crippen molar-refractivity contribution >= 4 is 86.6 Å². The summed E-state index contributed by atoms with van der Waals surface area (Å²) in [5.41, 5.74) is 10.4. The first kappa shape index (κ1) is 33.8. The summed E-state index contributed by atoms with van der Waals surface area (Å²) in [6, 6.07) is 65.6. The Kier molecular flexibility index (Phi) is 7.44. The summed E-state index contributed by atoms with van der Waals surface area (Å²) < 4.78 is 4.88. The number of thiophene rings is 1. The van der Waals surface area contributed by atoms with E-state index in [2.05, 4.69) is 187 Å². The first-order valence-electron chi connectivity index (χ1n) is 20.2. The molecule has 6 heteroatoms. The average molecular weight is 801 g/mol. The van der Waals surface area contributed by atoms with Crippen molar-refractivity contribution in [3.8, 4) is 51.0 Å². The molecule has 9 aromatic carbocycles. The van der Waals surface area contributed by atoms with Gasteiger partial charge in [-0.1, -0.05) is 146 Å². The van der Waals surface area contributed by atoms with Gasteiger partial charge in [-0.15, -0.1) is 23.1 Å². The van der Waals surface area contributed by atoms with Crippen molar-refractivity contribution in [3.63, 3.8) is 0 Å². The molecule has 1 aliphatic heterocycles. The summed E-state index contributed by atoms with van der Waals surface area (Å²) in [6.07, 6.45) is 0. The first-order valence-corrected chi connectivity index (χ1v) is 22.0. The molecule has 280 valence electrons.